The average molecular weight is 385 g/mol. The van der Waals surface area contributed by atoms with Crippen molar-refractivity contribution >= 4 is 11.8 Å². The third-order valence-corrected chi connectivity index (χ3v) is 9.22. The highest BCUT2D eigenvalue weighted by Crippen LogP contribution is 2.66. The Kier molecular flexibility index (Phi) is 4.12. The SMILES string of the molecule is CC(=O)O[C@@H]1CC[C@@]2(C)C(=CC[C@H]3[C@@H]4CC[C@H](C(=O)C5N=N5)[C@@]4(C)CC[C@@H]32)C1. The van der Waals surface area contributed by atoms with E-state index in [1.54, 1.807) is 0 Å². The molecule has 0 aromatic heterocycles. The highest BCUT2D eigenvalue weighted by Gasteiger charge is 2.60. The van der Waals surface area contributed by atoms with Crippen LogP contribution in [0.5, 0.6) is 0 Å². The van der Waals surface area contributed by atoms with Crippen molar-refractivity contribution in [3.63, 3.8) is 0 Å². The fourth-order valence-corrected chi connectivity index (χ4v) is 7.76. The molecule has 0 saturated heterocycles. The summed E-state index contributed by atoms with van der Waals surface area (Å²) in [7, 11) is 0. The topological polar surface area (TPSA) is 68.1 Å². The van der Waals surface area contributed by atoms with E-state index in [9.17, 15) is 9.59 Å². The summed E-state index contributed by atoms with van der Waals surface area (Å²) in [5.74, 6) is 2.29. The summed E-state index contributed by atoms with van der Waals surface area (Å²) in [6.07, 6.45) is 10.9. The maximum Gasteiger partial charge on any atom is 0.302 e. The standard InChI is InChI=1S/C23H32N2O3/c1-13(26)28-15-8-10-22(2)14(12-15)4-5-16-17-6-7-19(20(27)21-24-25-21)23(17,3)11-9-18(16)22/h4,15-19,21H,5-12H2,1-3H3/t15-,16+,17+,18+,19-,22+,23+/m1/s1. The highest BCUT2D eigenvalue weighted by atomic mass is 16.5. The normalized spacial score (nSPS) is 46.8. The van der Waals surface area contributed by atoms with Crippen LogP contribution >= 0.6 is 0 Å². The molecular weight excluding hydrogens is 352 g/mol. The summed E-state index contributed by atoms with van der Waals surface area (Å²) in [6, 6.07) is 0. The number of carbonyl (C=O) groups is 2. The molecule has 5 rings (SSSR count). The van der Waals surface area contributed by atoms with Crippen LogP contribution in [0.3, 0.4) is 0 Å². The van der Waals surface area contributed by atoms with Gasteiger partial charge in [-0.3, -0.25) is 9.59 Å². The van der Waals surface area contributed by atoms with Crippen molar-refractivity contribution in [1.82, 2.24) is 0 Å². The Morgan fingerprint density at radius 1 is 1.07 bits per heavy atom. The summed E-state index contributed by atoms with van der Waals surface area (Å²) >= 11 is 0. The molecular formula is C23H32N2O3. The van der Waals surface area contributed by atoms with Gasteiger partial charge < -0.3 is 4.74 Å². The molecule has 0 amide bonds. The van der Waals surface area contributed by atoms with Gasteiger partial charge in [-0.15, -0.1) is 0 Å². The predicted molar refractivity (Wildman–Crippen MR) is 104 cm³/mol. The van der Waals surface area contributed by atoms with E-state index >= 15 is 0 Å². The van der Waals surface area contributed by atoms with Gasteiger partial charge in [-0.25, -0.2) is 0 Å². The minimum Gasteiger partial charge on any atom is -0.462 e. The molecule has 5 aliphatic rings. The first-order valence-corrected chi connectivity index (χ1v) is 11.1. The number of rotatable bonds is 3. The lowest BCUT2D eigenvalue weighted by molar-refractivity contribution is -0.149. The van der Waals surface area contributed by atoms with E-state index in [0.717, 1.165) is 38.5 Å². The van der Waals surface area contributed by atoms with Gasteiger partial charge in [0.15, 0.2) is 5.78 Å². The highest BCUT2D eigenvalue weighted by molar-refractivity contribution is 5.88. The van der Waals surface area contributed by atoms with Gasteiger partial charge in [0, 0.05) is 19.3 Å². The molecule has 152 valence electrons. The van der Waals surface area contributed by atoms with E-state index in [0.29, 0.717) is 17.8 Å². The molecule has 3 saturated carbocycles. The maximum absolute atomic E-state index is 12.8. The molecule has 0 aromatic carbocycles. The third kappa shape index (κ3) is 2.64. The van der Waals surface area contributed by atoms with Gasteiger partial charge in [0.25, 0.3) is 0 Å². The van der Waals surface area contributed by atoms with Gasteiger partial charge >= 0.3 is 5.97 Å². The van der Waals surface area contributed by atoms with Crippen molar-refractivity contribution in [2.24, 2.45) is 44.7 Å². The number of Topliss-reactive ketones (excluding diaryl/α,β-unsaturated/α-hetero) is 1. The minimum atomic E-state index is -0.342. The molecule has 0 aromatic rings. The second kappa shape index (κ2) is 6.24. The molecule has 0 radical (unpaired) electrons. The summed E-state index contributed by atoms with van der Waals surface area (Å²) in [5, 5.41) is 7.84. The fraction of sp³-hybridized carbons (Fsp3) is 0.826. The number of ketones is 1. The molecule has 4 aliphatic carbocycles. The Bertz CT molecular complexity index is 768. The number of ether oxygens (including phenoxy) is 1. The predicted octanol–water partition coefficient (Wildman–Crippen LogP) is 4.86. The summed E-state index contributed by atoms with van der Waals surface area (Å²) in [4.78, 5) is 24.2. The van der Waals surface area contributed by atoms with Crippen molar-refractivity contribution in [1.29, 1.82) is 0 Å². The lowest BCUT2D eigenvalue weighted by Gasteiger charge is -2.58. The molecule has 3 fully saturated rings. The molecule has 5 heteroatoms. The Labute approximate surface area is 167 Å². The van der Waals surface area contributed by atoms with Crippen LogP contribution in [0.15, 0.2) is 21.9 Å². The molecule has 5 nitrogen and oxygen atoms in total. The van der Waals surface area contributed by atoms with Crippen molar-refractivity contribution in [3.05, 3.63) is 11.6 Å². The van der Waals surface area contributed by atoms with Crippen LogP contribution in [0.1, 0.15) is 72.1 Å². The van der Waals surface area contributed by atoms with Crippen molar-refractivity contribution < 1.29 is 14.3 Å². The molecule has 28 heavy (non-hydrogen) atoms. The van der Waals surface area contributed by atoms with Crippen LogP contribution in [0.2, 0.25) is 0 Å². The number of allylic oxidation sites excluding steroid dienone is 1. The minimum absolute atomic E-state index is 0.0572. The van der Waals surface area contributed by atoms with Crippen molar-refractivity contribution in [3.8, 4) is 0 Å². The molecule has 7 atom stereocenters. The summed E-state index contributed by atoms with van der Waals surface area (Å²) < 4.78 is 5.54. The number of esters is 1. The lowest BCUT2D eigenvalue weighted by atomic mass is 9.47. The number of fused-ring (bicyclic) bond motifs is 5. The van der Waals surface area contributed by atoms with E-state index in [4.69, 9.17) is 4.74 Å². The number of hydrogen-bond acceptors (Lipinski definition) is 5. The van der Waals surface area contributed by atoms with Gasteiger partial charge in [-0.1, -0.05) is 25.5 Å². The van der Waals surface area contributed by atoms with Crippen molar-refractivity contribution in [2.45, 2.75) is 84.4 Å². The quantitative estimate of drug-likeness (QED) is 0.515. The maximum atomic E-state index is 12.8. The largest absolute Gasteiger partial charge is 0.462 e. The Morgan fingerprint density at radius 3 is 2.57 bits per heavy atom. The molecule has 0 bridgehead atoms. The first kappa shape index (κ1) is 18.5. The Morgan fingerprint density at radius 2 is 1.86 bits per heavy atom. The lowest BCUT2D eigenvalue weighted by Crippen LogP contribution is -2.51. The van der Waals surface area contributed by atoms with E-state index in [-0.39, 0.29) is 40.8 Å². The van der Waals surface area contributed by atoms with E-state index in [2.05, 4.69) is 30.2 Å². The zero-order valence-electron chi connectivity index (χ0n) is 17.3. The van der Waals surface area contributed by atoms with Gasteiger partial charge in [0.05, 0.1) is 0 Å². The van der Waals surface area contributed by atoms with Gasteiger partial charge in [0.1, 0.15) is 6.10 Å². The van der Waals surface area contributed by atoms with Crippen LogP contribution < -0.4 is 0 Å². The fourth-order valence-electron chi connectivity index (χ4n) is 7.76. The molecule has 0 N–H and O–H groups in total. The summed E-state index contributed by atoms with van der Waals surface area (Å²) in [6.45, 7) is 6.36. The zero-order chi connectivity index (χ0) is 19.7. The van der Waals surface area contributed by atoms with Crippen LogP contribution in [0.25, 0.3) is 0 Å². The monoisotopic (exact) mass is 384 g/mol. The van der Waals surface area contributed by atoms with Crippen LogP contribution in [0, 0.1) is 34.5 Å². The van der Waals surface area contributed by atoms with Crippen LogP contribution in [-0.2, 0) is 14.3 Å². The van der Waals surface area contributed by atoms with E-state index in [1.165, 1.54) is 25.3 Å². The third-order valence-electron chi connectivity index (χ3n) is 9.22. The number of carbonyl (C=O) groups excluding carboxylic acids is 2. The second-order valence-corrected chi connectivity index (χ2v) is 10.4. The smallest absolute Gasteiger partial charge is 0.302 e. The van der Waals surface area contributed by atoms with Gasteiger partial charge in [-0.05, 0) is 73.5 Å². The van der Waals surface area contributed by atoms with E-state index in [1.807, 2.05) is 0 Å². The van der Waals surface area contributed by atoms with Crippen LogP contribution in [-0.4, -0.2) is 24.0 Å². The van der Waals surface area contributed by atoms with Crippen molar-refractivity contribution in [2.75, 3.05) is 0 Å². The number of hydrogen-bond donors (Lipinski definition) is 0. The molecule has 1 aliphatic heterocycles. The molecule has 1 heterocycles. The van der Waals surface area contributed by atoms with Crippen LogP contribution in [0.4, 0.5) is 0 Å². The summed E-state index contributed by atoms with van der Waals surface area (Å²) in [5.41, 5.74) is 1.89. The first-order valence-electron chi connectivity index (χ1n) is 11.1. The molecule has 0 unspecified atom stereocenters. The number of nitrogens with zero attached hydrogens (tertiary/aromatic N) is 2. The van der Waals surface area contributed by atoms with Gasteiger partial charge in [0.2, 0.25) is 6.17 Å². The first-order chi connectivity index (χ1) is 13.3. The molecule has 0 spiro atoms. The average Bonchev–Trinajstić information content (AvgIpc) is 3.43. The zero-order valence-corrected chi connectivity index (χ0v) is 17.3. The van der Waals surface area contributed by atoms with Gasteiger partial charge in [-0.2, -0.15) is 10.2 Å². The Balaban J connectivity index is 1.38. The van der Waals surface area contributed by atoms with E-state index < -0.39 is 0 Å². The second-order valence-electron chi connectivity index (χ2n) is 10.4. The Hall–Kier alpha value is -1.52.